The average molecular weight is 259 g/mol. The third-order valence-corrected chi connectivity index (χ3v) is 1.83. The fraction of sp³-hybridized carbons (Fsp3) is 0.333. The number of hydrogen-bond acceptors (Lipinski definition) is 2. The van der Waals surface area contributed by atoms with Gasteiger partial charge >= 0.3 is 12.5 Å². The summed E-state index contributed by atoms with van der Waals surface area (Å²) in [7, 11) is 0. The standard InChI is InChI=1S/C9H7F6NO/c10-8(11,12)7(16)5-3-1-2-4-6(5)17-9(13,14)15/h1-4,7H,16H2/t7-/m0/s1. The molecule has 1 aromatic rings. The molecule has 0 saturated heterocycles. The Morgan fingerprint density at radius 2 is 1.53 bits per heavy atom. The van der Waals surface area contributed by atoms with Gasteiger partial charge in [-0.1, -0.05) is 18.2 Å². The third-order valence-electron chi connectivity index (χ3n) is 1.83. The van der Waals surface area contributed by atoms with Gasteiger partial charge in [0.2, 0.25) is 0 Å². The summed E-state index contributed by atoms with van der Waals surface area (Å²) in [6.07, 6.45) is -9.91. The van der Waals surface area contributed by atoms with Crippen LogP contribution in [0.4, 0.5) is 26.3 Å². The fourth-order valence-electron chi connectivity index (χ4n) is 1.13. The predicted octanol–water partition coefficient (Wildman–Crippen LogP) is 3.15. The van der Waals surface area contributed by atoms with Gasteiger partial charge in [-0.2, -0.15) is 13.2 Å². The molecule has 0 spiro atoms. The highest BCUT2D eigenvalue weighted by molar-refractivity contribution is 5.36. The molecule has 2 N–H and O–H groups in total. The van der Waals surface area contributed by atoms with Crippen LogP contribution in [-0.2, 0) is 0 Å². The van der Waals surface area contributed by atoms with Gasteiger partial charge in [0.15, 0.2) is 0 Å². The van der Waals surface area contributed by atoms with Crippen molar-refractivity contribution >= 4 is 0 Å². The highest BCUT2D eigenvalue weighted by Gasteiger charge is 2.41. The van der Waals surface area contributed by atoms with E-state index in [1.54, 1.807) is 0 Å². The fourth-order valence-corrected chi connectivity index (χ4v) is 1.13. The lowest BCUT2D eigenvalue weighted by Gasteiger charge is -2.19. The van der Waals surface area contributed by atoms with Crippen molar-refractivity contribution in [3.63, 3.8) is 0 Å². The number of nitrogens with two attached hydrogens (primary N) is 1. The molecular weight excluding hydrogens is 252 g/mol. The predicted molar refractivity (Wildman–Crippen MR) is 46.1 cm³/mol. The molecule has 0 aliphatic carbocycles. The first-order valence-corrected chi connectivity index (χ1v) is 4.28. The molecule has 0 radical (unpaired) electrons. The number of ether oxygens (including phenoxy) is 1. The number of rotatable bonds is 2. The van der Waals surface area contributed by atoms with E-state index in [-0.39, 0.29) is 0 Å². The van der Waals surface area contributed by atoms with E-state index in [2.05, 4.69) is 4.74 Å². The van der Waals surface area contributed by atoms with Gasteiger partial charge < -0.3 is 10.5 Å². The molecule has 1 aromatic carbocycles. The summed E-state index contributed by atoms with van der Waals surface area (Å²) >= 11 is 0. The van der Waals surface area contributed by atoms with Crippen molar-refractivity contribution in [2.45, 2.75) is 18.6 Å². The van der Waals surface area contributed by atoms with Crippen molar-refractivity contribution < 1.29 is 31.1 Å². The van der Waals surface area contributed by atoms with Crippen LogP contribution in [0.1, 0.15) is 11.6 Å². The number of hydrogen-bond donors (Lipinski definition) is 1. The number of halogens is 6. The molecule has 0 saturated carbocycles. The lowest BCUT2D eigenvalue weighted by molar-refractivity contribution is -0.275. The zero-order valence-corrected chi connectivity index (χ0v) is 8.14. The molecule has 2 nitrogen and oxygen atoms in total. The van der Waals surface area contributed by atoms with Crippen molar-refractivity contribution in [2.75, 3.05) is 0 Å². The summed E-state index contributed by atoms with van der Waals surface area (Å²) in [5.41, 5.74) is 4.05. The van der Waals surface area contributed by atoms with Crippen LogP contribution in [0.3, 0.4) is 0 Å². The molecule has 0 amide bonds. The Kier molecular flexibility index (Phi) is 3.56. The van der Waals surface area contributed by atoms with Gasteiger partial charge in [0.1, 0.15) is 11.8 Å². The summed E-state index contributed by atoms with van der Waals surface area (Å²) in [5, 5.41) is 0. The van der Waals surface area contributed by atoms with Gasteiger partial charge in [0, 0.05) is 5.56 Å². The molecular formula is C9H7F6NO. The van der Waals surface area contributed by atoms with Crippen LogP contribution in [0, 0.1) is 0 Å². The van der Waals surface area contributed by atoms with Crippen molar-refractivity contribution in [2.24, 2.45) is 5.73 Å². The molecule has 0 heterocycles. The van der Waals surface area contributed by atoms with Crippen molar-refractivity contribution in [3.8, 4) is 5.75 Å². The van der Waals surface area contributed by atoms with Gasteiger partial charge in [-0.3, -0.25) is 0 Å². The van der Waals surface area contributed by atoms with Crippen LogP contribution >= 0.6 is 0 Å². The molecule has 96 valence electrons. The van der Waals surface area contributed by atoms with Gasteiger partial charge in [-0.05, 0) is 6.07 Å². The Labute approximate surface area is 92.0 Å². The summed E-state index contributed by atoms with van der Waals surface area (Å²) < 4.78 is 76.1. The van der Waals surface area contributed by atoms with E-state index >= 15 is 0 Å². The van der Waals surface area contributed by atoms with Crippen molar-refractivity contribution in [1.29, 1.82) is 0 Å². The van der Waals surface area contributed by atoms with E-state index in [1.807, 2.05) is 0 Å². The molecule has 0 unspecified atom stereocenters. The lowest BCUT2D eigenvalue weighted by Crippen LogP contribution is -2.29. The number of para-hydroxylation sites is 1. The van der Waals surface area contributed by atoms with Gasteiger partial charge in [-0.15, -0.1) is 13.2 Å². The van der Waals surface area contributed by atoms with Gasteiger partial charge in [0.25, 0.3) is 0 Å². The first-order valence-electron chi connectivity index (χ1n) is 4.28. The van der Waals surface area contributed by atoms with Crippen LogP contribution in [0.5, 0.6) is 5.75 Å². The molecule has 0 aromatic heterocycles. The second-order valence-electron chi connectivity index (χ2n) is 3.10. The second kappa shape index (κ2) is 4.44. The van der Waals surface area contributed by atoms with Crippen LogP contribution < -0.4 is 10.5 Å². The van der Waals surface area contributed by atoms with Crippen LogP contribution in [0.25, 0.3) is 0 Å². The molecule has 1 atom stereocenters. The van der Waals surface area contributed by atoms with E-state index < -0.39 is 29.9 Å². The minimum Gasteiger partial charge on any atom is -0.405 e. The maximum absolute atomic E-state index is 12.3. The molecule has 0 aliphatic rings. The first kappa shape index (κ1) is 13.6. The maximum atomic E-state index is 12.3. The highest BCUT2D eigenvalue weighted by atomic mass is 19.4. The maximum Gasteiger partial charge on any atom is 0.573 e. The number of alkyl halides is 6. The van der Waals surface area contributed by atoms with E-state index in [1.165, 1.54) is 0 Å². The van der Waals surface area contributed by atoms with Gasteiger partial charge in [-0.25, -0.2) is 0 Å². The second-order valence-corrected chi connectivity index (χ2v) is 3.10. The number of benzene rings is 1. The summed E-state index contributed by atoms with van der Waals surface area (Å²) in [6.45, 7) is 0. The Morgan fingerprint density at radius 1 is 1.00 bits per heavy atom. The first-order chi connectivity index (χ1) is 7.61. The average Bonchev–Trinajstić information content (AvgIpc) is 2.13. The molecule has 0 fully saturated rings. The SMILES string of the molecule is N[C@@H](c1ccccc1OC(F)(F)F)C(F)(F)F. The lowest BCUT2D eigenvalue weighted by atomic mass is 10.1. The smallest absolute Gasteiger partial charge is 0.405 e. The van der Waals surface area contributed by atoms with Crippen LogP contribution in [0.15, 0.2) is 24.3 Å². The highest BCUT2D eigenvalue weighted by Crippen LogP contribution is 2.36. The minimum atomic E-state index is -5.07. The molecule has 0 aliphatic heterocycles. The van der Waals surface area contributed by atoms with E-state index in [0.717, 1.165) is 24.3 Å². The molecule has 0 bridgehead atoms. The minimum absolute atomic E-state index is 0.766. The van der Waals surface area contributed by atoms with E-state index in [0.29, 0.717) is 0 Å². The van der Waals surface area contributed by atoms with Crippen molar-refractivity contribution in [1.82, 2.24) is 0 Å². The van der Waals surface area contributed by atoms with Crippen LogP contribution in [0.2, 0.25) is 0 Å². The molecule has 1 rings (SSSR count). The quantitative estimate of drug-likeness (QED) is 0.828. The Bertz CT molecular complexity index is 386. The summed E-state index contributed by atoms with van der Waals surface area (Å²) in [6, 6.07) is 1.34. The zero-order valence-electron chi connectivity index (χ0n) is 8.14. The van der Waals surface area contributed by atoms with E-state index in [9.17, 15) is 26.3 Å². The van der Waals surface area contributed by atoms with Crippen LogP contribution in [-0.4, -0.2) is 12.5 Å². The van der Waals surface area contributed by atoms with E-state index in [4.69, 9.17) is 5.73 Å². The van der Waals surface area contributed by atoms with Crippen molar-refractivity contribution in [3.05, 3.63) is 29.8 Å². The Morgan fingerprint density at radius 3 is 2.00 bits per heavy atom. The third kappa shape index (κ3) is 3.81. The topological polar surface area (TPSA) is 35.2 Å². The summed E-state index contributed by atoms with van der Waals surface area (Å²) in [5.74, 6) is -0.954. The Hall–Kier alpha value is -1.44. The summed E-state index contributed by atoms with van der Waals surface area (Å²) in [4.78, 5) is 0. The molecule has 8 heteroatoms. The van der Waals surface area contributed by atoms with Gasteiger partial charge in [0.05, 0.1) is 0 Å². The Balaban J connectivity index is 3.08. The largest absolute Gasteiger partial charge is 0.573 e. The molecule has 17 heavy (non-hydrogen) atoms. The monoisotopic (exact) mass is 259 g/mol. The zero-order chi connectivity index (χ0) is 13.3. The normalized spacial score (nSPS) is 14.5.